The molecule has 126 valence electrons. The number of rotatable bonds is 3. The van der Waals surface area contributed by atoms with Gasteiger partial charge in [-0.2, -0.15) is 0 Å². The van der Waals surface area contributed by atoms with Crippen LogP contribution < -0.4 is 9.64 Å². The van der Waals surface area contributed by atoms with Gasteiger partial charge in [-0.15, -0.1) is 0 Å². The van der Waals surface area contributed by atoms with Gasteiger partial charge in [0.2, 0.25) is 0 Å². The standard InChI is InChI=1S/C16H16ClN3O3S/c1-20-8-11(21)23-13(9-4-6-10(22-2)7-5-9)12-14(17)18-16(24-3)19-15(12)20/h4-7,13H,8H2,1-3H3. The maximum atomic E-state index is 12.1. The van der Waals surface area contributed by atoms with E-state index < -0.39 is 6.10 Å². The van der Waals surface area contributed by atoms with Crippen LogP contribution in [-0.4, -0.2) is 42.9 Å². The first-order valence-electron chi connectivity index (χ1n) is 7.19. The van der Waals surface area contributed by atoms with Crippen LogP contribution in [0.4, 0.5) is 5.82 Å². The van der Waals surface area contributed by atoms with Crippen molar-refractivity contribution >= 4 is 35.1 Å². The van der Waals surface area contributed by atoms with Crippen LogP contribution in [0.5, 0.6) is 5.75 Å². The molecule has 0 bridgehead atoms. The van der Waals surface area contributed by atoms with Crippen molar-refractivity contribution in [2.24, 2.45) is 0 Å². The summed E-state index contributed by atoms with van der Waals surface area (Å²) in [4.78, 5) is 22.7. The molecule has 0 N–H and O–H groups in total. The van der Waals surface area contributed by atoms with Gasteiger partial charge in [-0.05, 0) is 24.0 Å². The fraction of sp³-hybridized carbons (Fsp3) is 0.312. The maximum absolute atomic E-state index is 12.1. The van der Waals surface area contributed by atoms with Crippen LogP contribution in [0.3, 0.4) is 0 Å². The van der Waals surface area contributed by atoms with Crippen LogP contribution in [0, 0.1) is 0 Å². The highest BCUT2D eigenvalue weighted by Crippen LogP contribution is 2.39. The molecule has 0 fully saturated rings. The van der Waals surface area contributed by atoms with Crippen molar-refractivity contribution in [2.45, 2.75) is 11.3 Å². The van der Waals surface area contributed by atoms with Gasteiger partial charge in [0.25, 0.3) is 0 Å². The molecule has 8 heteroatoms. The quantitative estimate of drug-likeness (QED) is 0.358. The number of nitrogens with zero attached hydrogens (tertiary/aromatic N) is 3. The number of carbonyl (C=O) groups is 1. The summed E-state index contributed by atoms with van der Waals surface area (Å²) in [5.41, 5.74) is 1.37. The summed E-state index contributed by atoms with van der Waals surface area (Å²) >= 11 is 7.80. The second-order valence-electron chi connectivity index (χ2n) is 5.24. The molecule has 2 heterocycles. The van der Waals surface area contributed by atoms with Gasteiger partial charge < -0.3 is 14.4 Å². The summed E-state index contributed by atoms with van der Waals surface area (Å²) in [6.07, 6.45) is 1.21. The lowest BCUT2D eigenvalue weighted by Gasteiger charge is -2.20. The Morgan fingerprint density at radius 3 is 2.67 bits per heavy atom. The smallest absolute Gasteiger partial charge is 0.326 e. The van der Waals surface area contributed by atoms with Crippen molar-refractivity contribution in [2.75, 3.05) is 31.9 Å². The van der Waals surface area contributed by atoms with Crippen LogP contribution in [0.1, 0.15) is 17.2 Å². The van der Waals surface area contributed by atoms with Crippen LogP contribution in [0.25, 0.3) is 0 Å². The Kier molecular flexibility index (Phi) is 4.82. The van der Waals surface area contributed by atoms with Gasteiger partial charge in [-0.25, -0.2) is 9.97 Å². The minimum Gasteiger partial charge on any atom is -0.497 e. The van der Waals surface area contributed by atoms with E-state index in [4.69, 9.17) is 21.1 Å². The average Bonchev–Trinajstić information content (AvgIpc) is 2.71. The van der Waals surface area contributed by atoms with Gasteiger partial charge in [0.15, 0.2) is 11.3 Å². The van der Waals surface area contributed by atoms with E-state index in [1.165, 1.54) is 11.8 Å². The van der Waals surface area contributed by atoms with E-state index in [-0.39, 0.29) is 17.7 Å². The predicted molar refractivity (Wildman–Crippen MR) is 93.0 cm³/mol. The highest BCUT2D eigenvalue weighted by atomic mass is 35.5. The molecule has 0 saturated heterocycles. The third-order valence-corrected chi connectivity index (χ3v) is 4.53. The fourth-order valence-electron chi connectivity index (χ4n) is 2.53. The molecule has 0 radical (unpaired) electrons. The number of fused-ring (bicyclic) bond motifs is 1. The topological polar surface area (TPSA) is 64.6 Å². The first kappa shape index (κ1) is 16.9. The summed E-state index contributed by atoms with van der Waals surface area (Å²) in [5.74, 6) is 0.972. The van der Waals surface area contributed by atoms with Crippen molar-refractivity contribution in [3.63, 3.8) is 0 Å². The van der Waals surface area contributed by atoms with E-state index >= 15 is 0 Å². The van der Waals surface area contributed by atoms with Crippen LogP contribution in [0.2, 0.25) is 5.15 Å². The molecule has 1 aliphatic rings. The minimum absolute atomic E-state index is 0.0980. The molecule has 1 atom stereocenters. The number of halogens is 1. The first-order valence-corrected chi connectivity index (χ1v) is 8.79. The van der Waals surface area contributed by atoms with E-state index in [9.17, 15) is 4.79 Å². The number of esters is 1. The van der Waals surface area contributed by atoms with Crippen molar-refractivity contribution in [3.05, 3.63) is 40.5 Å². The molecule has 1 aromatic carbocycles. The van der Waals surface area contributed by atoms with Crippen LogP contribution >= 0.6 is 23.4 Å². The van der Waals surface area contributed by atoms with Gasteiger partial charge in [0, 0.05) is 7.05 Å². The van der Waals surface area contributed by atoms with Crippen molar-refractivity contribution < 1.29 is 14.3 Å². The van der Waals surface area contributed by atoms with Crippen molar-refractivity contribution in [1.82, 2.24) is 9.97 Å². The van der Waals surface area contributed by atoms with Crippen molar-refractivity contribution in [1.29, 1.82) is 0 Å². The largest absolute Gasteiger partial charge is 0.497 e. The van der Waals surface area contributed by atoms with Crippen molar-refractivity contribution in [3.8, 4) is 5.75 Å². The van der Waals surface area contributed by atoms with Gasteiger partial charge in [0.1, 0.15) is 23.3 Å². The molecule has 0 aliphatic carbocycles. The third-order valence-electron chi connectivity index (χ3n) is 3.70. The Labute approximate surface area is 149 Å². The monoisotopic (exact) mass is 365 g/mol. The van der Waals surface area contributed by atoms with Crippen LogP contribution in [-0.2, 0) is 9.53 Å². The number of benzene rings is 1. The lowest BCUT2D eigenvalue weighted by atomic mass is 10.0. The molecule has 1 unspecified atom stereocenters. The summed E-state index contributed by atoms with van der Waals surface area (Å²) in [7, 11) is 3.38. The van der Waals surface area contributed by atoms with E-state index in [1.807, 2.05) is 30.5 Å². The zero-order chi connectivity index (χ0) is 17.3. The van der Waals surface area contributed by atoms with E-state index in [0.717, 1.165) is 11.3 Å². The SMILES string of the molecule is COc1ccc(C2OC(=O)CN(C)c3nc(SC)nc(Cl)c32)cc1. The normalized spacial score (nSPS) is 17.1. The van der Waals surface area contributed by atoms with Gasteiger partial charge >= 0.3 is 5.97 Å². The summed E-state index contributed by atoms with van der Waals surface area (Å²) in [6.45, 7) is 0.0980. The lowest BCUT2D eigenvalue weighted by Crippen LogP contribution is -2.25. The summed E-state index contributed by atoms with van der Waals surface area (Å²) in [5, 5.41) is 0.833. The minimum atomic E-state index is -0.660. The highest BCUT2D eigenvalue weighted by Gasteiger charge is 2.32. The Morgan fingerprint density at radius 2 is 2.04 bits per heavy atom. The molecular weight excluding hydrogens is 350 g/mol. The molecular formula is C16H16ClN3O3S. The number of carbonyl (C=O) groups excluding carboxylic acids is 1. The Morgan fingerprint density at radius 1 is 1.33 bits per heavy atom. The zero-order valence-corrected chi connectivity index (χ0v) is 15.0. The molecule has 0 spiro atoms. The van der Waals surface area contributed by atoms with E-state index in [0.29, 0.717) is 16.5 Å². The summed E-state index contributed by atoms with van der Waals surface area (Å²) in [6, 6.07) is 7.29. The third kappa shape index (κ3) is 3.14. The predicted octanol–water partition coefficient (Wildman–Crippen LogP) is 2.94. The fourth-order valence-corrected chi connectivity index (χ4v) is 3.20. The molecule has 1 aliphatic heterocycles. The number of ether oxygens (including phenoxy) is 2. The Bertz CT molecular complexity index is 770. The average molecular weight is 366 g/mol. The number of hydrogen-bond donors (Lipinski definition) is 0. The molecule has 0 amide bonds. The maximum Gasteiger partial charge on any atom is 0.326 e. The number of cyclic esters (lactones) is 1. The molecule has 6 nitrogen and oxygen atoms in total. The highest BCUT2D eigenvalue weighted by molar-refractivity contribution is 7.98. The number of hydrogen-bond acceptors (Lipinski definition) is 7. The number of thioether (sulfide) groups is 1. The Hall–Kier alpha value is -1.99. The molecule has 24 heavy (non-hydrogen) atoms. The number of likely N-dealkylation sites (N-methyl/N-ethyl adjacent to an activating group) is 1. The Balaban J connectivity index is 2.15. The summed E-state index contributed by atoms with van der Waals surface area (Å²) < 4.78 is 10.8. The zero-order valence-electron chi connectivity index (χ0n) is 13.4. The number of anilines is 1. The molecule has 3 rings (SSSR count). The lowest BCUT2D eigenvalue weighted by molar-refractivity contribution is -0.145. The second kappa shape index (κ2) is 6.86. The number of methoxy groups -OCH3 is 1. The van der Waals surface area contributed by atoms with Crippen LogP contribution in [0.15, 0.2) is 29.4 Å². The van der Waals surface area contributed by atoms with Gasteiger partial charge in [-0.3, -0.25) is 4.79 Å². The molecule has 1 aromatic heterocycles. The van der Waals surface area contributed by atoms with Gasteiger partial charge in [0.05, 0.1) is 12.7 Å². The van der Waals surface area contributed by atoms with E-state index in [2.05, 4.69) is 9.97 Å². The number of aromatic nitrogens is 2. The second-order valence-corrected chi connectivity index (χ2v) is 6.37. The molecule has 2 aromatic rings. The first-order chi connectivity index (χ1) is 11.5. The van der Waals surface area contributed by atoms with Gasteiger partial charge in [-0.1, -0.05) is 35.5 Å². The molecule has 0 saturated carbocycles. The van der Waals surface area contributed by atoms with E-state index in [1.54, 1.807) is 19.1 Å².